The summed E-state index contributed by atoms with van der Waals surface area (Å²) >= 11 is 0. The summed E-state index contributed by atoms with van der Waals surface area (Å²) in [6, 6.07) is 4.31. The smallest absolute Gasteiger partial charge is 0.303 e. The van der Waals surface area contributed by atoms with Crippen molar-refractivity contribution in [2.24, 2.45) is 0 Å². The minimum atomic E-state index is -3.77. The van der Waals surface area contributed by atoms with Crippen molar-refractivity contribution in [3.05, 3.63) is 30.1 Å². The number of nitrogens with one attached hydrogen (secondary N) is 1. The second-order valence-corrected chi connectivity index (χ2v) is 5.98. The van der Waals surface area contributed by atoms with Crippen molar-refractivity contribution >= 4 is 16.0 Å². The molecule has 7 heteroatoms. The maximum Gasteiger partial charge on any atom is 0.303 e. The van der Waals surface area contributed by atoms with Gasteiger partial charge in [-0.3, -0.25) is 4.79 Å². The van der Waals surface area contributed by atoms with Gasteiger partial charge in [-0.15, -0.1) is 0 Å². The van der Waals surface area contributed by atoms with E-state index in [-0.39, 0.29) is 11.3 Å². The van der Waals surface area contributed by atoms with Crippen molar-refractivity contribution in [2.45, 2.75) is 37.1 Å². The van der Waals surface area contributed by atoms with E-state index in [1.54, 1.807) is 6.92 Å². The summed E-state index contributed by atoms with van der Waals surface area (Å²) in [5.74, 6) is -1.54. The first kappa shape index (κ1) is 15.6. The number of aliphatic carboxylic acids is 1. The van der Waals surface area contributed by atoms with Gasteiger partial charge in [-0.2, -0.15) is 0 Å². The molecule has 0 aliphatic rings. The van der Waals surface area contributed by atoms with Gasteiger partial charge in [-0.25, -0.2) is 17.5 Å². The van der Waals surface area contributed by atoms with E-state index < -0.39 is 27.9 Å². The Morgan fingerprint density at radius 1 is 1.47 bits per heavy atom. The largest absolute Gasteiger partial charge is 0.481 e. The second-order valence-electron chi connectivity index (χ2n) is 4.27. The number of carboxylic acids is 1. The molecular formula is C12H16FNO4S. The summed E-state index contributed by atoms with van der Waals surface area (Å²) in [7, 11) is -3.77. The Labute approximate surface area is 111 Å². The lowest BCUT2D eigenvalue weighted by Gasteiger charge is -2.13. The Bertz CT molecular complexity index is 544. The highest BCUT2D eigenvalue weighted by molar-refractivity contribution is 7.89. The molecular weight excluding hydrogens is 273 g/mol. The number of benzene rings is 1. The van der Waals surface area contributed by atoms with Crippen LogP contribution in [0.5, 0.6) is 0 Å². The van der Waals surface area contributed by atoms with Gasteiger partial charge in [0.25, 0.3) is 0 Å². The molecule has 1 rings (SSSR count). The molecule has 106 valence electrons. The van der Waals surface area contributed by atoms with Crippen LogP contribution in [0.15, 0.2) is 29.2 Å². The summed E-state index contributed by atoms with van der Waals surface area (Å²) in [5, 5.41) is 8.49. The first-order valence-corrected chi connectivity index (χ1v) is 7.29. The number of sulfonamides is 1. The zero-order chi connectivity index (χ0) is 14.5. The van der Waals surface area contributed by atoms with Crippen molar-refractivity contribution in [2.75, 3.05) is 0 Å². The molecule has 1 aromatic carbocycles. The van der Waals surface area contributed by atoms with Gasteiger partial charge in [0.15, 0.2) is 0 Å². The molecule has 2 N–H and O–H groups in total. The number of carbonyl (C=O) groups is 1. The van der Waals surface area contributed by atoms with Gasteiger partial charge in [0.05, 0.1) is 4.90 Å². The van der Waals surface area contributed by atoms with E-state index >= 15 is 0 Å². The first-order valence-electron chi connectivity index (χ1n) is 5.81. The molecule has 0 aliphatic carbocycles. The standard InChI is InChI=1S/C12H16FNO4S/c1-9(4-2-7-12(15)16)14-19(17,18)11-6-3-5-10(13)8-11/h3,5-6,8-9,14H,2,4,7H2,1H3,(H,15,16). The molecule has 0 saturated carbocycles. The molecule has 5 nitrogen and oxygen atoms in total. The third-order valence-corrected chi connectivity index (χ3v) is 4.08. The van der Waals surface area contributed by atoms with E-state index in [1.165, 1.54) is 12.1 Å². The average Bonchev–Trinajstić information content (AvgIpc) is 2.27. The highest BCUT2D eigenvalue weighted by Crippen LogP contribution is 2.12. The van der Waals surface area contributed by atoms with Crippen LogP contribution in [0.25, 0.3) is 0 Å². The van der Waals surface area contributed by atoms with Crippen LogP contribution in [-0.4, -0.2) is 25.5 Å². The highest BCUT2D eigenvalue weighted by atomic mass is 32.2. The molecule has 0 amide bonds. The minimum absolute atomic E-state index is 0.00790. The van der Waals surface area contributed by atoms with Crippen molar-refractivity contribution in [1.82, 2.24) is 4.72 Å². The van der Waals surface area contributed by atoms with Gasteiger partial charge in [0.1, 0.15) is 5.82 Å². The van der Waals surface area contributed by atoms with Crippen molar-refractivity contribution < 1.29 is 22.7 Å². The van der Waals surface area contributed by atoms with Crippen LogP contribution in [-0.2, 0) is 14.8 Å². The van der Waals surface area contributed by atoms with Gasteiger partial charge in [0.2, 0.25) is 10.0 Å². The topological polar surface area (TPSA) is 83.5 Å². The Balaban J connectivity index is 2.62. The van der Waals surface area contributed by atoms with Crippen molar-refractivity contribution in [3.63, 3.8) is 0 Å². The average molecular weight is 289 g/mol. The molecule has 0 aromatic heterocycles. The third-order valence-electron chi connectivity index (χ3n) is 2.49. The van der Waals surface area contributed by atoms with E-state index in [1.807, 2.05) is 0 Å². The van der Waals surface area contributed by atoms with Crippen LogP contribution in [0.1, 0.15) is 26.2 Å². The molecule has 1 unspecified atom stereocenters. The first-order chi connectivity index (χ1) is 8.81. The van der Waals surface area contributed by atoms with E-state index in [4.69, 9.17) is 5.11 Å². The Morgan fingerprint density at radius 3 is 2.74 bits per heavy atom. The summed E-state index contributed by atoms with van der Waals surface area (Å²) in [6.07, 6.45) is 0.773. The zero-order valence-corrected chi connectivity index (χ0v) is 11.3. The van der Waals surface area contributed by atoms with Gasteiger partial charge in [-0.1, -0.05) is 6.07 Å². The number of carboxylic acid groups (broad SMARTS) is 1. The molecule has 0 fully saturated rings. The summed E-state index contributed by atoms with van der Waals surface area (Å²) < 4.78 is 39.2. The lowest BCUT2D eigenvalue weighted by molar-refractivity contribution is -0.137. The molecule has 0 radical (unpaired) electrons. The molecule has 0 spiro atoms. The Morgan fingerprint density at radius 2 is 2.16 bits per heavy atom. The molecule has 0 saturated heterocycles. The van der Waals surface area contributed by atoms with Crippen LogP contribution >= 0.6 is 0 Å². The van der Waals surface area contributed by atoms with Gasteiger partial charge >= 0.3 is 5.97 Å². The summed E-state index contributed by atoms with van der Waals surface area (Å²) in [4.78, 5) is 10.2. The fraction of sp³-hybridized carbons (Fsp3) is 0.417. The number of hydrogen-bond donors (Lipinski definition) is 2. The van der Waals surface area contributed by atoms with Crippen LogP contribution < -0.4 is 4.72 Å². The predicted molar refractivity (Wildman–Crippen MR) is 67.7 cm³/mol. The Hall–Kier alpha value is -1.47. The van der Waals surface area contributed by atoms with Gasteiger partial charge in [0, 0.05) is 12.5 Å². The Kier molecular flexibility index (Phi) is 5.44. The van der Waals surface area contributed by atoms with Crippen molar-refractivity contribution in [1.29, 1.82) is 0 Å². The van der Waals surface area contributed by atoms with Crippen LogP contribution in [0, 0.1) is 5.82 Å². The van der Waals surface area contributed by atoms with Crippen LogP contribution in [0.4, 0.5) is 4.39 Å². The van der Waals surface area contributed by atoms with E-state index in [9.17, 15) is 17.6 Å². The molecule has 19 heavy (non-hydrogen) atoms. The maximum absolute atomic E-state index is 13.0. The molecule has 0 bridgehead atoms. The van der Waals surface area contributed by atoms with E-state index in [0.29, 0.717) is 12.8 Å². The summed E-state index contributed by atoms with van der Waals surface area (Å²) in [6.45, 7) is 1.64. The second kappa shape index (κ2) is 6.63. The van der Waals surface area contributed by atoms with Gasteiger partial charge < -0.3 is 5.11 Å². The van der Waals surface area contributed by atoms with Crippen molar-refractivity contribution in [3.8, 4) is 0 Å². The molecule has 1 atom stereocenters. The van der Waals surface area contributed by atoms with E-state index in [2.05, 4.69) is 4.72 Å². The third kappa shape index (κ3) is 5.35. The highest BCUT2D eigenvalue weighted by Gasteiger charge is 2.17. The zero-order valence-electron chi connectivity index (χ0n) is 10.5. The number of hydrogen-bond acceptors (Lipinski definition) is 3. The predicted octanol–water partition coefficient (Wildman–Crippen LogP) is 1.75. The fourth-order valence-corrected chi connectivity index (χ4v) is 2.89. The van der Waals surface area contributed by atoms with E-state index in [0.717, 1.165) is 12.1 Å². The summed E-state index contributed by atoms with van der Waals surface area (Å²) in [5.41, 5.74) is 0. The number of halogens is 1. The minimum Gasteiger partial charge on any atom is -0.481 e. The lowest BCUT2D eigenvalue weighted by atomic mass is 10.1. The fourth-order valence-electron chi connectivity index (χ4n) is 1.59. The molecule has 1 aromatic rings. The van der Waals surface area contributed by atoms with Gasteiger partial charge in [-0.05, 0) is 38.0 Å². The quantitative estimate of drug-likeness (QED) is 0.801. The number of rotatable bonds is 7. The van der Waals surface area contributed by atoms with Crippen LogP contribution in [0.3, 0.4) is 0 Å². The molecule has 0 heterocycles. The maximum atomic E-state index is 13.0. The lowest BCUT2D eigenvalue weighted by Crippen LogP contribution is -2.32. The monoisotopic (exact) mass is 289 g/mol. The molecule has 0 aliphatic heterocycles. The van der Waals surface area contributed by atoms with Crippen LogP contribution in [0.2, 0.25) is 0 Å². The normalized spacial score (nSPS) is 13.2. The SMILES string of the molecule is CC(CCCC(=O)O)NS(=O)(=O)c1cccc(F)c1.